The van der Waals surface area contributed by atoms with Crippen molar-refractivity contribution in [2.75, 3.05) is 0 Å². The van der Waals surface area contributed by atoms with Gasteiger partial charge in [0.1, 0.15) is 11.6 Å². The first kappa shape index (κ1) is 20.7. The summed E-state index contributed by atoms with van der Waals surface area (Å²) >= 11 is 0. The average molecular weight is 403 g/mol. The minimum Gasteiger partial charge on any atom is -0.392 e. The van der Waals surface area contributed by atoms with Gasteiger partial charge in [-0.3, -0.25) is 9.78 Å². The lowest BCUT2D eigenvalue weighted by molar-refractivity contribution is -0.140. The van der Waals surface area contributed by atoms with Gasteiger partial charge >= 0.3 is 6.18 Å². The molecule has 0 saturated heterocycles. The zero-order valence-corrected chi connectivity index (χ0v) is 15.2. The Morgan fingerprint density at radius 3 is 2.34 bits per heavy atom. The Hall–Kier alpha value is -3.06. The van der Waals surface area contributed by atoms with Crippen molar-refractivity contribution in [2.45, 2.75) is 25.6 Å². The zero-order valence-electron chi connectivity index (χ0n) is 15.2. The van der Waals surface area contributed by atoms with Crippen molar-refractivity contribution in [2.24, 2.45) is 0 Å². The van der Waals surface area contributed by atoms with Crippen LogP contribution in [0.15, 0.2) is 60.9 Å². The molecular formula is C22H17F4NO2. The molecule has 3 aromatic rings. The summed E-state index contributed by atoms with van der Waals surface area (Å²) < 4.78 is 52.6. The minimum atomic E-state index is -4.82. The van der Waals surface area contributed by atoms with E-state index in [9.17, 15) is 27.5 Å². The highest BCUT2D eigenvalue weighted by atomic mass is 19.4. The summed E-state index contributed by atoms with van der Waals surface area (Å²) in [6, 6.07) is 11.6. The Morgan fingerprint density at radius 2 is 1.69 bits per heavy atom. The number of aliphatic hydroxyl groups excluding tert-OH is 1. The number of ketones is 1. The van der Waals surface area contributed by atoms with E-state index in [-0.39, 0.29) is 18.6 Å². The quantitative estimate of drug-likeness (QED) is 0.604. The molecule has 0 aliphatic rings. The molecule has 0 atom stereocenters. The van der Waals surface area contributed by atoms with E-state index in [4.69, 9.17) is 0 Å². The van der Waals surface area contributed by atoms with E-state index in [1.807, 2.05) is 0 Å². The predicted molar refractivity (Wildman–Crippen MR) is 99.4 cm³/mol. The smallest absolute Gasteiger partial charge is 0.392 e. The van der Waals surface area contributed by atoms with Crippen LogP contribution in [0.5, 0.6) is 0 Å². The molecule has 7 heteroatoms. The van der Waals surface area contributed by atoms with Crippen LogP contribution in [0.2, 0.25) is 0 Å². The third-order valence-corrected chi connectivity index (χ3v) is 4.50. The number of hydrogen-bond acceptors (Lipinski definition) is 3. The molecular weight excluding hydrogens is 386 g/mol. The number of alkyl halides is 3. The van der Waals surface area contributed by atoms with E-state index in [0.717, 1.165) is 17.2 Å². The molecule has 1 heterocycles. The number of aromatic nitrogens is 1. The topological polar surface area (TPSA) is 50.2 Å². The van der Waals surface area contributed by atoms with Crippen LogP contribution >= 0.6 is 0 Å². The third kappa shape index (κ3) is 4.86. The van der Waals surface area contributed by atoms with Crippen LogP contribution in [0.3, 0.4) is 0 Å². The molecule has 0 aliphatic carbocycles. The van der Waals surface area contributed by atoms with E-state index in [0.29, 0.717) is 17.2 Å². The number of carbonyl (C=O) groups excluding carboxylic acids is 1. The molecule has 0 aliphatic heterocycles. The van der Waals surface area contributed by atoms with E-state index in [1.54, 1.807) is 42.7 Å². The Morgan fingerprint density at radius 1 is 0.966 bits per heavy atom. The number of hydrogen-bond donors (Lipinski definition) is 1. The third-order valence-electron chi connectivity index (χ3n) is 4.50. The lowest BCUT2D eigenvalue weighted by atomic mass is 9.95. The monoisotopic (exact) mass is 403 g/mol. The van der Waals surface area contributed by atoms with Crippen molar-refractivity contribution in [1.29, 1.82) is 0 Å². The van der Waals surface area contributed by atoms with Gasteiger partial charge in [0.25, 0.3) is 0 Å². The minimum absolute atomic E-state index is 0.0840. The number of halogens is 4. The van der Waals surface area contributed by atoms with Crippen LogP contribution in [-0.4, -0.2) is 15.9 Å². The van der Waals surface area contributed by atoms with Crippen LogP contribution < -0.4 is 0 Å². The molecule has 0 amide bonds. The van der Waals surface area contributed by atoms with Gasteiger partial charge in [-0.1, -0.05) is 30.3 Å². The largest absolute Gasteiger partial charge is 0.419 e. The van der Waals surface area contributed by atoms with E-state index >= 15 is 0 Å². The summed E-state index contributed by atoms with van der Waals surface area (Å²) in [6.45, 7) is -0.248. The van der Waals surface area contributed by atoms with Gasteiger partial charge in [0, 0.05) is 25.2 Å². The standard InChI is InChI=1S/C22H17F4NO2/c23-21-16(2-1-3-20(21)22(24,25)26)12-18(29)11-14-4-5-19(17(10-14)13-28)15-6-8-27-9-7-15/h1-10,28H,11-13H2. The lowest BCUT2D eigenvalue weighted by Crippen LogP contribution is -2.13. The molecule has 2 aromatic carbocycles. The predicted octanol–water partition coefficient (Wildman–Crippen LogP) is 4.75. The fourth-order valence-electron chi connectivity index (χ4n) is 3.14. The first-order valence-electron chi connectivity index (χ1n) is 8.79. The van der Waals surface area contributed by atoms with Crippen molar-refractivity contribution in [3.63, 3.8) is 0 Å². The number of pyridine rings is 1. The van der Waals surface area contributed by atoms with Crippen molar-refractivity contribution in [3.05, 3.63) is 89.0 Å². The number of carbonyl (C=O) groups is 1. The Balaban J connectivity index is 1.78. The van der Waals surface area contributed by atoms with E-state index < -0.39 is 29.8 Å². The second-order valence-corrected chi connectivity index (χ2v) is 6.55. The van der Waals surface area contributed by atoms with Crippen molar-refractivity contribution < 1.29 is 27.5 Å². The lowest BCUT2D eigenvalue weighted by Gasteiger charge is -2.12. The van der Waals surface area contributed by atoms with Crippen LogP contribution in [-0.2, 0) is 30.4 Å². The first-order valence-corrected chi connectivity index (χ1v) is 8.79. The molecule has 1 N–H and O–H groups in total. The maximum atomic E-state index is 14.1. The summed E-state index contributed by atoms with van der Waals surface area (Å²) in [5.74, 6) is -1.85. The summed E-state index contributed by atoms with van der Waals surface area (Å²) in [7, 11) is 0. The summed E-state index contributed by atoms with van der Waals surface area (Å²) in [4.78, 5) is 16.3. The normalized spacial score (nSPS) is 11.5. The highest BCUT2D eigenvalue weighted by Gasteiger charge is 2.34. The molecule has 3 nitrogen and oxygen atoms in total. The molecule has 1 aromatic heterocycles. The number of nitrogens with zero attached hydrogens (tertiary/aromatic N) is 1. The van der Waals surface area contributed by atoms with E-state index in [2.05, 4.69) is 4.98 Å². The van der Waals surface area contributed by atoms with Crippen molar-refractivity contribution in [3.8, 4) is 11.1 Å². The average Bonchev–Trinajstić information content (AvgIpc) is 2.69. The van der Waals surface area contributed by atoms with Crippen LogP contribution in [0.4, 0.5) is 17.6 Å². The molecule has 0 bridgehead atoms. The fraction of sp³-hybridized carbons (Fsp3) is 0.182. The molecule has 150 valence electrons. The van der Waals surface area contributed by atoms with Crippen LogP contribution in [0.1, 0.15) is 22.3 Å². The Bertz CT molecular complexity index is 1020. The maximum Gasteiger partial charge on any atom is 0.419 e. The molecule has 0 unspecified atom stereocenters. The van der Waals surface area contributed by atoms with Gasteiger partial charge < -0.3 is 5.11 Å². The highest BCUT2D eigenvalue weighted by Crippen LogP contribution is 2.32. The molecule has 29 heavy (non-hydrogen) atoms. The van der Waals surface area contributed by atoms with Gasteiger partial charge in [-0.2, -0.15) is 13.2 Å². The van der Waals surface area contributed by atoms with Crippen molar-refractivity contribution >= 4 is 5.78 Å². The molecule has 0 spiro atoms. The molecule has 0 saturated carbocycles. The molecule has 0 radical (unpaired) electrons. The number of rotatable bonds is 6. The van der Waals surface area contributed by atoms with Crippen molar-refractivity contribution in [1.82, 2.24) is 4.98 Å². The van der Waals surface area contributed by atoms with Gasteiger partial charge in [0.2, 0.25) is 0 Å². The molecule has 0 fully saturated rings. The van der Waals surface area contributed by atoms with Crippen LogP contribution in [0.25, 0.3) is 11.1 Å². The number of benzene rings is 2. The fourth-order valence-corrected chi connectivity index (χ4v) is 3.14. The van der Waals surface area contributed by atoms with Gasteiger partial charge in [-0.15, -0.1) is 0 Å². The van der Waals surface area contributed by atoms with Crippen LogP contribution in [0, 0.1) is 5.82 Å². The SMILES string of the molecule is O=C(Cc1ccc(-c2ccncc2)c(CO)c1)Cc1cccc(C(F)(F)F)c1F. The van der Waals surface area contributed by atoms with Gasteiger partial charge in [-0.05, 0) is 46.0 Å². The van der Waals surface area contributed by atoms with Gasteiger partial charge in [0.15, 0.2) is 0 Å². The number of Topliss-reactive ketones (excluding diaryl/α,β-unsaturated/α-hetero) is 1. The highest BCUT2D eigenvalue weighted by molar-refractivity contribution is 5.83. The second kappa shape index (κ2) is 8.53. The van der Waals surface area contributed by atoms with E-state index in [1.165, 1.54) is 6.07 Å². The summed E-state index contributed by atoms with van der Waals surface area (Å²) in [5.41, 5.74) is 1.16. The number of aliphatic hydroxyl groups is 1. The van der Waals surface area contributed by atoms with Gasteiger partial charge in [0.05, 0.1) is 12.2 Å². The first-order chi connectivity index (χ1) is 13.8. The molecule has 3 rings (SSSR count). The summed E-state index contributed by atoms with van der Waals surface area (Å²) in [6.07, 6.45) is -2.10. The Kier molecular flexibility index (Phi) is 6.08. The zero-order chi connectivity index (χ0) is 21.0. The Labute approximate surface area is 164 Å². The maximum absolute atomic E-state index is 14.1. The van der Waals surface area contributed by atoms with Gasteiger partial charge in [-0.25, -0.2) is 4.39 Å². The summed E-state index contributed by atoms with van der Waals surface area (Å²) in [5, 5.41) is 9.66. The second-order valence-electron chi connectivity index (χ2n) is 6.55.